The second kappa shape index (κ2) is 7.63. The van der Waals surface area contributed by atoms with Crippen molar-refractivity contribution in [2.75, 3.05) is 45.3 Å². The summed E-state index contributed by atoms with van der Waals surface area (Å²) in [4.78, 5) is 21.3. The maximum absolute atomic E-state index is 13.9. The van der Waals surface area contributed by atoms with E-state index in [4.69, 9.17) is 9.47 Å². The summed E-state index contributed by atoms with van der Waals surface area (Å²) in [7, 11) is 3.11. The van der Waals surface area contributed by atoms with Crippen LogP contribution < -0.4 is 14.4 Å². The first-order valence-electron chi connectivity index (χ1n) is 8.92. The molecule has 6 nitrogen and oxygen atoms in total. The van der Waals surface area contributed by atoms with Crippen LogP contribution in [0.2, 0.25) is 0 Å². The number of fused-ring (bicyclic) bond motifs is 1. The Hall–Kier alpha value is -2.87. The van der Waals surface area contributed by atoms with Gasteiger partial charge in [0, 0.05) is 26.2 Å². The van der Waals surface area contributed by atoms with Gasteiger partial charge in [0.05, 0.1) is 24.5 Å². The molecular formula is C20H20FN3O3S. The van der Waals surface area contributed by atoms with Crippen molar-refractivity contribution < 1.29 is 18.7 Å². The normalized spacial score (nSPS) is 14.4. The number of thiazole rings is 1. The predicted octanol–water partition coefficient (Wildman–Crippen LogP) is 3.42. The molecular weight excluding hydrogens is 381 g/mol. The van der Waals surface area contributed by atoms with Crippen LogP contribution in [0.5, 0.6) is 11.5 Å². The second-order valence-corrected chi connectivity index (χ2v) is 7.44. The summed E-state index contributed by atoms with van der Waals surface area (Å²) in [6, 6.07) is 10.2. The van der Waals surface area contributed by atoms with Crippen molar-refractivity contribution in [3.63, 3.8) is 0 Å². The second-order valence-electron chi connectivity index (χ2n) is 6.43. The van der Waals surface area contributed by atoms with E-state index in [0.29, 0.717) is 48.8 Å². The van der Waals surface area contributed by atoms with Gasteiger partial charge in [0.2, 0.25) is 0 Å². The van der Waals surface area contributed by atoms with E-state index in [1.165, 1.54) is 17.4 Å². The van der Waals surface area contributed by atoms with E-state index >= 15 is 0 Å². The van der Waals surface area contributed by atoms with E-state index in [9.17, 15) is 9.18 Å². The molecule has 1 fully saturated rings. The number of hydrogen-bond acceptors (Lipinski definition) is 6. The molecule has 28 heavy (non-hydrogen) atoms. The summed E-state index contributed by atoms with van der Waals surface area (Å²) in [6.45, 7) is 2.38. The highest BCUT2D eigenvalue weighted by Crippen LogP contribution is 2.31. The Bertz CT molecular complexity index is 1020. The first-order chi connectivity index (χ1) is 13.6. The van der Waals surface area contributed by atoms with Crippen LogP contribution in [-0.2, 0) is 0 Å². The molecule has 0 spiro atoms. The SMILES string of the molecule is COc1ccc(OC)c(C(=O)N2CCN(c3nc4c(F)cccc4s3)CC2)c1. The number of rotatable bonds is 4. The Morgan fingerprint density at radius 1 is 1.11 bits per heavy atom. The Labute approximate surface area is 166 Å². The maximum atomic E-state index is 13.9. The number of methoxy groups -OCH3 is 2. The molecule has 1 amide bonds. The Morgan fingerprint density at radius 3 is 2.57 bits per heavy atom. The number of benzene rings is 2. The molecule has 8 heteroatoms. The van der Waals surface area contributed by atoms with Crippen LogP contribution in [0.4, 0.5) is 9.52 Å². The van der Waals surface area contributed by atoms with Crippen molar-refractivity contribution in [3.05, 3.63) is 47.8 Å². The summed E-state index contributed by atoms with van der Waals surface area (Å²) in [5, 5.41) is 0.783. The van der Waals surface area contributed by atoms with Gasteiger partial charge in [-0.3, -0.25) is 4.79 Å². The Morgan fingerprint density at radius 2 is 1.89 bits per heavy atom. The first-order valence-corrected chi connectivity index (χ1v) is 9.73. The van der Waals surface area contributed by atoms with Crippen molar-refractivity contribution >= 4 is 32.6 Å². The molecule has 0 atom stereocenters. The fourth-order valence-electron chi connectivity index (χ4n) is 3.29. The van der Waals surface area contributed by atoms with Gasteiger partial charge in [0.1, 0.15) is 22.8 Å². The summed E-state index contributed by atoms with van der Waals surface area (Å²) in [5.74, 6) is 0.735. The molecule has 146 valence electrons. The molecule has 1 aromatic heterocycles. The average molecular weight is 401 g/mol. The summed E-state index contributed by atoms with van der Waals surface area (Å²) < 4.78 is 25.3. The lowest BCUT2D eigenvalue weighted by Gasteiger charge is -2.34. The van der Waals surface area contributed by atoms with Gasteiger partial charge >= 0.3 is 0 Å². The van der Waals surface area contributed by atoms with E-state index in [1.54, 1.807) is 43.4 Å². The van der Waals surface area contributed by atoms with Gasteiger partial charge in [-0.25, -0.2) is 9.37 Å². The molecule has 0 aliphatic carbocycles. The number of para-hydroxylation sites is 1. The minimum Gasteiger partial charge on any atom is -0.497 e. The van der Waals surface area contributed by atoms with Crippen molar-refractivity contribution in [1.29, 1.82) is 0 Å². The number of piperazine rings is 1. The van der Waals surface area contributed by atoms with E-state index in [0.717, 1.165) is 9.83 Å². The van der Waals surface area contributed by atoms with Crippen LogP contribution in [0.15, 0.2) is 36.4 Å². The van der Waals surface area contributed by atoms with Crippen LogP contribution in [-0.4, -0.2) is 56.2 Å². The van der Waals surface area contributed by atoms with E-state index < -0.39 is 0 Å². The largest absolute Gasteiger partial charge is 0.497 e. The minimum absolute atomic E-state index is 0.0919. The lowest BCUT2D eigenvalue weighted by atomic mass is 10.1. The number of aromatic nitrogens is 1. The number of hydrogen-bond donors (Lipinski definition) is 0. The lowest BCUT2D eigenvalue weighted by molar-refractivity contribution is 0.0743. The molecule has 0 radical (unpaired) electrons. The number of anilines is 1. The molecule has 2 heterocycles. The summed E-state index contributed by atoms with van der Waals surface area (Å²) in [6.07, 6.45) is 0. The molecule has 0 bridgehead atoms. The van der Waals surface area contributed by atoms with Gasteiger partial charge in [-0.1, -0.05) is 17.4 Å². The Balaban J connectivity index is 1.49. The fourth-order valence-corrected chi connectivity index (χ4v) is 4.32. The Kier molecular flexibility index (Phi) is 5.04. The van der Waals surface area contributed by atoms with E-state index in [2.05, 4.69) is 9.88 Å². The third kappa shape index (κ3) is 3.35. The van der Waals surface area contributed by atoms with Crippen LogP contribution in [0.1, 0.15) is 10.4 Å². The monoisotopic (exact) mass is 401 g/mol. The van der Waals surface area contributed by atoms with Gasteiger partial charge in [0.25, 0.3) is 5.91 Å². The zero-order chi connectivity index (χ0) is 19.7. The van der Waals surface area contributed by atoms with Crippen LogP contribution in [0.3, 0.4) is 0 Å². The van der Waals surface area contributed by atoms with Crippen LogP contribution in [0, 0.1) is 5.82 Å². The number of carbonyl (C=O) groups is 1. The van der Waals surface area contributed by atoms with E-state index in [1.807, 2.05) is 6.07 Å². The highest BCUT2D eigenvalue weighted by Gasteiger charge is 2.26. The molecule has 0 N–H and O–H groups in total. The zero-order valence-electron chi connectivity index (χ0n) is 15.6. The zero-order valence-corrected chi connectivity index (χ0v) is 16.5. The van der Waals surface area contributed by atoms with Crippen LogP contribution in [0.25, 0.3) is 10.2 Å². The number of amides is 1. The maximum Gasteiger partial charge on any atom is 0.257 e. The smallest absolute Gasteiger partial charge is 0.257 e. The summed E-state index contributed by atoms with van der Waals surface area (Å²) >= 11 is 1.47. The first kappa shape index (κ1) is 18.5. The molecule has 1 aliphatic heterocycles. The highest BCUT2D eigenvalue weighted by molar-refractivity contribution is 7.22. The topological polar surface area (TPSA) is 54.9 Å². The quantitative estimate of drug-likeness (QED) is 0.671. The van der Waals surface area contributed by atoms with Gasteiger partial charge in [-0.05, 0) is 30.3 Å². The standard InChI is InChI=1S/C20H20FN3O3S/c1-26-13-6-7-16(27-2)14(12-13)19(25)23-8-10-24(11-9-23)20-22-18-15(21)4-3-5-17(18)28-20/h3-7,12H,8-11H2,1-2H3. The molecule has 1 saturated heterocycles. The molecule has 2 aromatic carbocycles. The lowest BCUT2D eigenvalue weighted by Crippen LogP contribution is -2.48. The van der Waals surface area contributed by atoms with Gasteiger partial charge in [0.15, 0.2) is 5.13 Å². The van der Waals surface area contributed by atoms with Crippen molar-refractivity contribution in [1.82, 2.24) is 9.88 Å². The number of ether oxygens (including phenoxy) is 2. The van der Waals surface area contributed by atoms with Crippen molar-refractivity contribution in [3.8, 4) is 11.5 Å². The third-order valence-corrected chi connectivity index (χ3v) is 5.91. The van der Waals surface area contributed by atoms with Gasteiger partial charge < -0.3 is 19.3 Å². The minimum atomic E-state index is -0.307. The highest BCUT2D eigenvalue weighted by atomic mass is 32.1. The molecule has 0 unspecified atom stereocenters. The van der Waals surface area contributed by atoms with Gasteiger partial charge in [-0.2, -0.15) is 0 Å². The molecule has 4 rings (SSSR count). The number of carbonyl (C=O) groups excluding carboxylic acids is 1. The van der Waals surface area contributed by atoms with Gasteiger partial charge in [-0.15, -0.1) is 0 Å². The predicted molar refractivity (Wildman–Crippen MR) is 107 cm³/mol. The fraction of sp³-hybridized carbons (Fsp3) is 0.300. The molecule has 3 aromatic rings. The van der Waals surface area contributed by atoms with E-state index in [-0.39, 0.29) is 11.7 Å². The van der Waals surface area contributed by atoms with Crippen LogP contribution >= 0.6 is 11.3 Å². The third-order valence-electron chi connectivity index (χ3n) is 4.83. The number of halogens is 1. The molecule has 0 saturated carbocycles. The van der Waals surface area contributed by atoms with Crippen molar-refractivity contribution in [2.24, 2.45) is 0 Å². The molecule has 1 aliphatic rings. The summed E-state index contributed by atoms with van der Waals surface area (Å²) in [5.41, 5.74) is 0.888. The number of nitrogens with zero attached hydrogens (tertiary/aromatic N) is 3. The average Bonchev–Trinajstić information content (AvgIpc) is 3.18. The van der Waals surface area contributed by atoms with Crippen molar-refractivity contribution in [2.45, 2.75) is 0 Å².